The van der Waals surface area contributed by atoms with Gasteiger partial charge in [0, 0.05) is 5.69 Å². The van der Waals surface area contributed by atoms with Crippen molar-refractivity contribution >= 4 is 74.1 Å². The van der Waals surface area contributed by atoms with Gasteiger partial charge in [-0.15, -0.1) is 0 Å². The van der Waals surface area contributed by atoms with Crippen molar-refractivity contribution in [2.45, 2.75) is 13.5 Å². The van der Waals surface area contributed by atoms with Gasteiger partial charge in [0.25, 0.3) is 11.1 Å². The number of rotatable bonds is 9. The minimum atomic E-state index is -0.628. The number of anilines is 1. The van der Waals surface area contributed by atoms with E-state index < -0.39 is 29.6 Å². The molecule has 0 bridgehead atoms. The average molecular weight is 630 g/mol. The largest absolute Gasteiger partial charge is 0.488 e. The first-order valence-corrected chi connectivity index (χ1v) is 13.7. The van der Waals surface area contributed by atoms with Crippen molar-refractivity contribution in [3.05, 3.63) is 97.8 Å². The van der Waals surface area contributed by atoms with Crippen LogP contribution >= 0.6 is 39.3 Å². The van der Waals surface area contributed by atoms with Crippen LogP contribution in [0.3, 0.4) is 0 Å². The predicted octanol–water partition coefficient (Wildman–Crippen LogP) is 6.53. The van der Waals surface area contributed by atoms with E-state index in [-0.39, 0.29) is 27.8 Å². The Bertz CT molecular complexity index is 1460. The topological polar surface area (TPSA) is 102 Å². The minimum absolute atomic E-state index is 0.0908. The number of thioether (sulfide) groups is 1. The average Bonchev–Trinajstić information content (AvgIpc) is 3.17. The molecule has 1 saturated heterocycles. The van der Waals surface area contributed by atoms with Crippen LogP contribution in [0.5, 0.6) is 5.75 Å². The van der Waals surface area contributed by atoms with Gasteiger partial charge in [-0.05, 0) is 82.2 Å². The number of amides is 3. The molecule has 1 aliphatic heterocycles. The number of nitrogens with one attached hydrogen (secondary N) is 1. The molecule has 1 aliphatic rings. The molecule has 0 atom stereocenters. The van der Waals surface area contributed by atoms with Crippen LogP contribution in [0, 0.1) is 0 Å². The summed E-state index contributed by atoms with van der Waals surface area (Å²) in [4.78, 5) is 51.1. The fourth-order valence-corrected chi connectivity index (χ4v) is 5.10. The molecule has 0 saturated carbocycles. The lowest BCUT2D eigenvalue weighted by Gasteiger charge is -2.13. The molecular weight excluding hydrogens is 608 g/mol. The first-order chi connectivity index (χ1) is 18.7. The van der Waals surface area contributed by atoms with Gasteiger partial charge >= 0.3 is 5.97 Å². The summed E-state index contributed by atoms with van der Waals surface area (Å²) >= 11 is 10.3. The molecule has 39 heavy (non-hydrogen) atoms. The monoisotopic (exact) mass is 628 g/mol. The van der Waals surface area contributed by atoms with Gasteiger partial charge in [-0.25, -0.2) is 4.79 Å². The second-order valence-electron chi connectivity index (χ2n) is 8.20. The number of esters is 1. The van der Waals surface area contributed by atoms with Crippen LogP contribution in [0.4, 0.5) is 10.5 Å². The maximum Gasteiger partial charge on any atom is 0.339 e. The quantitative estimate of drug-likeness (QED) is 0.212. The summed E-state index contributed by atoms with van der Waals surface area (Å²) in [6, 6.07) is 19.4. The second kappa shape index (κ2) is 13.0. The Morgan fingerprint density at radius 2 is 1.85 bits per heavy atom. The Kier molecular flexibility index (Phi) is 9.45. The fourth-order valence-electron chi connectivity index (χ4n) is 3.56. The van der Waals surface area contributed by atoms with E-state index in [0.29, 0.717) is 22.4 Å². The van der Waals surface area contributed by atoms with E-state index in [0.717, 1.165) is 22.2 Å². The Balaban J connectivity index is 1.39. The number of carbonyl (C=O) groups excluding carboxylic acids is 4. The van der Waals surface area contributed by atoms with Gasteiger partial charge in [-0.1, -0.05) is 48.0 Å². The van der Waals surface area contributed by atoms with Crippen molar-refractivity contribution in [1.29, 1.82) is 0 Å². The summed E-state index contributed by atoms with van der Waals surface area (Å²) in [7, 11) is 0. The molecule has 8 nitrogen and oxygen atoms in total. The van der Waals surface area contributed by atoms with Gasteiger partial charge in [0.2, 0.25) is 5.91 Å². The SMILES string of the molecule is CCOC(=O)c1cc(NC(=O)CN2C(=O)S/C(=C/c3ccc(OCc4ccccc4)c(Br)c3)C2=O)ccc1Cl. The zero-order valence-electron chi connectivity index (χ0n) is 20.6. The van der Waals surface area contributed by atoms with Crippen molar-refractivity contribution in [3.8, 4) is 5.75 Å². The number of hydrogen-bond acceptors (Lipinski definition) is 7. The van der Waals surface area contributed by atoms with Gasteiger partial charge in [0.05, 0.1) is 26.6 Å². The molecule has 0 spiro atoms. The van der Waals surface area contributed by atoms with Crippen molar-refractivity contribution < 1.29 is 28.7 Å². The zero-order valence-corrected chi connectivity index (χ0v) is 23.8. The van der Waals surface area contributed by atoms with Crippen LogP contribution < -0.4 is 10.1 Å². The van der Waals surface area contributed by atoms with E-state index >= 15 is 0 Å². The van der Waals surface area contributed by atoms with Crippen LogP contribution in [0.25, 0.3) is 6.08 Å². The third kappa shape index (κ3) is 7.29. The van der Waals surface area contributed by atoms with E-state index in [1.54, 1.807) is 31.2 Å². The Morgan fingerprint density at radius 3 is 2.56 bits per heavy atom. The number of carbonyl (C=O) groups is 4. The van der Waals surface area contributed by atoms with Gasteiger partial charge < -0.3 is 14.8 Å². The summed E-state index contributed by atoms with van der Waals surface area (Å²) in [5, 5.41) is 2.18. The highest BCUT2D eigenvalue weighted by Gasteiger charge is 2.36. The van der Waals surface area contributed by atoms with Crippen molar-refractivity contribution in [2.75, 3.05) is 18.5 Å². The summed E-state index contributed by atoms with van der Waals surface area (Å²) in [6.45, 7) is 1.74. The highest BCUT2D eigenvalue weighted by molar-refractivity contribution is 9.10. The molecule has 3 aromatic carbocycles. The molecule has 3 aromatic rings. The fraction of sp³-hybridized carbons (Fsp3) is 0.143. The number of hydrogen-bond donors (Lipinski definition) is 1. The Morgan fingerprint density at radius 1 is 1.08 bits per heavy atom. The molecule has 0 aromatic heterocycles. The van der Waals surface area contributed by atoms with Crippen LogP contribution in [-0.2, 0) is 20.9 Å². The number of nitrogens with zero attached hydrogens (tertiary/aromatic N) is 1. The molecular formula is C28H22BrClN2O6S. The van der Waals surface area contributed by atoms with Crippen molar-refractivity contribution in [2.24, 2.45) is 0 Å². The summed E-state index contributed by atoms with van der Waals surface area (Å²) in [6.07, 6.45) is 1.58. The molecule has 200 valence electrons. The third-order valence-corrected chi connectivity index (χ3v) is 7.27. The maximum atomic E-state index is 12.9. The molecule has 0 aliphatic carbocycles. The van der Waals surface area contributed by atoms with E-state index in [4.69, 9.17) is 21.1 Å². The molecule has 1 N–H and O–H groups in total. The van der Waals surface area contributed by atoms with E-state index in [1.807, 2.05) is 30.3 Å². The molecule has 0 unspecified atom stereocenters. The first kappa shape index (κ1) is 28.4. The summed E-state index contributed by atoms with van der Waals surface area (Å²) in [5.41, 5.74) is 2.07. The highest BCUT2D eigenvalue weighted by atomic mass is 79.9. The van der Waals surface area contributed by atoms with Crippen molar-refractivity contribution in [3.63, 3.8) is 0 Å². The second-order valence-corrected chi connectivity index (χ2v) is 10.4. The summed E-state index contributed by atoms with van der Waals surface area (Å²) in [5.74, 6) is -1.19. The van der Waals surface area contributed by atoms with E-state index in [2.05, 4.69) is 21.2 Å². The van der Waals surface area contributed by atoms with Crippen LogP contribution in [0.15, 0.2) is 76.1 Å². The number of benzene rings is 3. The van der Waals surface area contributed by atoms with E-state index in [1.165, 1.54) is 18.2 Å². The molecule has 1 fully saturated rings. The zero-order chi connectivity index (χ0) is 27.9. The molecule has 0 radical (unpaired) electrons. The molecule has 3 amide bonds. The standard InChI is InChI=1S/C28H22BrClN2O6S/c1-2-37-27(35)20-14-19(9-10-22(20)30)31-25(33)15-32-26(34)24(39-28(32)36)13-18-8-11-23(21(29)12-18)38-16-17-6-4-3-5-7-17/h3-14H,2,15-16H2,1H3,(H,31,33)/b24-13+. The number of ether oxygens (including phenoxy) is 2. The Labute approximate surface area is 242 Å². The highest BCUT2D eigenvalue weighted by Crippen LogP contribution is 2.34. The normalized spacial score (nSPS) is 14.0. The maximum absolute atomic E-state index is 12.9. The van der Waals surface area contributed by atoms with Gasteiger partial charge in [0.15, 0.2) is 0 Å². The van der Waals surface area contributed by atoms with Gasteiger partial charge in [-0.2, -0.15) is 0 Å². The molecule has 4 rings (SSSR count). The van der Waals surface area contributed by atoms with Crippen LogP contribution in [0.2, 0.25) is 5.02 Å². The van der Waals surface area contributed by atoms with Gasteiger partial charge in [0.1, 0.15) is 18.9 Å². The first-order valence-electron chi connectivity index (χ1n) is 11.7. The Hall–Kier alpha value is -3.60. The lowest BCUT2D eigenvalue weighted by Crippen LogP contribution is -2.36. The number of halogens is 2. The van der Waals surface area contributed by atoms with Crippen LogP contribution in [-0.4, -0.2) is 41.1 Å². The lowest BCUT2D eigenvalue weighted by molar-refractivity contribution is -0.127. The smallest absolute Gasteiger partial charge is 0.339 e. The minimum Gasteiger partial charge on any atom is -0.488 e. The van der Waals surface area contributed by atoms with Gasteiger partial charge in [-0.3, -0.25) is 19.3 Å². The third-order valence-electron chi connectivity index (χ3n) is 5.41. The molecule has 11 heteroatoms. The number of imide groups is 1. The molecule has 1 heterocycles. The van der Waals surface area contributed by atoms with Crippen molar-refractivity contribution in [1.82, 2.24) is 4.90 Å². The summed E-state index contributed by atoms with van der Waals surface area (Å²) < 4.78 is 11.5. The van der Waals surface area contributed by atoms with Crippen LogP contribution in [0.1, 0.15) is 28.4 Å². The lowest BCUT2D eigenvalue weighted by atomic mass is 10.2. The predicted molar refractivity (Wildman–Crippen MR) is 154 cm³/mol. The van der Waals surface area contributed by atoms with E-state index in [9.17, 15) is 19.2 Å².